The fourth-order valence-electron chi connectivity index (χ4n) is 1.98. The molecule has 3 rings (SSSR count). The SMILES string of the molecule is [O-]N(O)c1ccc(-n2cc3ccccc3c2)cc1. The summed E-state index contributed by atoms with van der Waals surface area (Å²) in [6.07, 6.45) is 4.05. The summed E-state index contributed by atoms with van der Waals surface area (Å²) < 4.78 is 1.99. The summed E-state index contributed by atoms with van der Waals surface area (Å²) in [7, 11) is 0. The molecule has 1 N–H and O–H groups in total. The van der Waals surface area contributed by atoms with Gasteiger partial charge in [0.2, 0.25) is 0 Å². The van der Waals surface area contributed by atoms with Crippen molar-refractivity contribution in [1.29, 1.82) is 0 Å². The van der Waals surface area contributed by atoms with Gasteiger partial charge in [-0.2, -0.15) is 0 Å². The third kappa shape index (κ3) is 1.84. The van der Waals surface area contributed by atoms with Gasteiger partial charge in [-0.05, 0) is 35.0 Å². The highest BCUT2D eigenvalue weighted by atomic mass is 16.8. The van der Waals surface area contributed by atoms with Crippen molar-refractivity contribution in [3.63, 3.8) is 0 Å². The first-order valence-corrected chi connectivity index (χ1v) is 5.57. The molecular weight excluding hydrogens is 228 g/mol. The topological polar surface area (TPSA) is 51.5 Å². The van der Waals surface area contributed by atoms with Gasteiger partial charge in [0.25, 0.3) is 0 Å². The number of aromatic nitrogens is 1. The molecule has 90 valence electrons. The van der Waals surface area contributed by atoms with Gasteiger partial charge in [-0.3, -0.25) is 5.21 Å². The number of benzene rings is 2. The van der Waals surface area contributed by atoms with Crippen LogP contribution in [0.15, 0.2) is 60.9 Å². The van der Waals surface area contributed by atoms with E-state index in [1.807, 2.05) is 41.2 Å². The minimum Gasteiger partial charge on any atom is -0.733 e. The van der Waals surface area contributed by atoms with Crippen molar-refractivity contribution in [3.8, 4) is 5.69 Å². The molecule has 0 aliphatic heterocycles. The second-order valence-electron chi connectivity index (χ2n) is 4.08. The van der Waals surface area contributed by atoms with Gasteiger partial charge in [0, 0.05) is 18.1 Å². The molecule has 0 saturated carbocycles. The van der Waals surface area contributed by atoms with Crippen LogP contribution >= 0.6 is 0 Å². The lowest BCUT2D eigenvalue weighted by Crippen LogP contribution is -2.06. The number of hydrogen-bond donors (Lipinski definition) is 1. The van der Waals surface area contributed by atoms with E-state index in [4.69, 9.17) is 5.21 Å². The van der Waals surface area contributed by atoms with Crippen LogP contribution in [0.4, 0.5) is 5.69 Å². The van der Waals surface area contributed by atoms with Crippen LogP contribution in [-0.2, 0) is 0 Å². The van der Waals surface area contributed by atoms with Gasteiger partial charge >= 0.3 is 0 Å². The third-order valence-electron chi connectivity index (χ3n) is 2.92. The van der Waals surface area contributed by atoms with Crippen molar-refractivity contribution in [2.45, 2.75) is 0 Å². The Bertz CT molecular complexity index is 639. The summed E-state index contributed by atoms with van der Waals surface area (Å²) in [6, 6.07) is 14.8. The van der Waals surface area contributed by atoms with Gasteiger partial charge in [-0.15, -0.1) is 0 Å². The molecular formula is C14H11N2O2-. The Labute approximate surface area is 104 Å². The molecule has 4 nitrogen and oxygen atoms in total. The van der Waals surface area contributed by atoms with Gasteiger partial charge in [0.05, 0.1) is 5.69 Å². The van der Waals surface area contributed by atoms with Crippen LogP contribution in [0, 0.1) is 5.21 Å². The molecule has 0 radical (unpaired) electrons. The summed E-state index contributed by atoms with van der Waals surface area (Å²) in [5.41, 5.74) is 1.16. The van der Waals surface area contributed by atoms with Crippen molar-refractivity contribution in [1.82, 2.24) is 4.57 Å². The largest absolute Gasteiger partial charge is 0.733 e. The van der Waals surface area contributed by atoms with Crippen LogP contribution < -0.4 is 5.23 Å². The smallest absolute Gasteiger partial charge is 0.0510 e. The Morgan fingerprint density at radius 1 is 0.889 bits per heavy atom. The predicted octanol–water partition coefficient (Wildman–Crippen LogP) is 3.32. The van der Waals surface area contributed by atoms with Gasteiger partial charge in [-0.1, -0.05) is 24.3 Å². The normalized spacial score (nSPS) is 10.8. The molecule has 3 aromatic rings. The number of fused-ring (bicyclic) bond motifs is 1. The van der Waals surface area contributed by atoms with Crippen molar-refractivity contribution < 1.29 is 5.21 Å². The summed E-state index contributed by atoms with van der Waals surface area (Å²) in [5, 5.41) is 21.6. The van der Waals surface area contributed by atoms with E-state index in [9.17, 15) is 5.21 Å². The van der Waals surface area contributed by atoms with Crippen molar-refractivity contribution in [2.75, 3.05) is 5.23 Å². The van der Waals surface area contributed by atoms with Gasteiger partial charge in [-0.25, -0.2) is 0 Å². The Morgan fingerprint density at radius 3 is 1.94 bits per heavy atom. The fourth-order valence-corrected chi connectivity index (χ4v) is 1.98. The van der Waals surface area contributed by atoms with E-state index in [1.54, 1.807) is 24.3 Å². The average molecular weight is 239 g/mol. The molecule has 0 aliphatic rings. The van der Waals surface area contributed by atoms with Gasteiger partial charge in [0.1, 0.15) is 0 Å². The maximum absolute atomic E-state index is 10.7. The second-order valence-corrected chi connectivity index (χ2v) is 4.08. The monoisotopic (exact) mass is 239 g/mol. The summed E-state index contributed by atoms with van der Waals surface area (Å²) in [4.78, 5) is 0. The van der Waals surface area contributed by atoms with Crippen LogP contribution in [0.25, 0.3) is 16.5 Å². The molecule has 0 aliphatic carbocycles. The van der Waals surface area contributed by atoms with Gasteiger partial charge < -0.3 is 15.0 Å². The summed E-state index contributed by atoms with van der Waals surface area (Å²) in [5.74, 6) is 0. The first-order valence-electron chi connectivity index (χ1n) is 5.57. The molecule has 0 unspecified atom stereocenters. The van der Waals surface area contributed by atoms with Crippen molar-refractivity contribution in [2.24, 2.45) is 0 Å². The highest BCUT2D eigenvalue weighted by molar-refractivity contribution is 5.82. The number of anilines is 1. The van der Waals surface area contributed by atoms with Crippen LogP contribution in [-0.4, -0.2) is 9.77 Å². The lowest BCUT2D eigenvalue weighted by atomic mass is 10.2. The first kappa shape index (κ1) is 10.8. The van der Waals surface area contributed by atoms with E-state index in [0.29, 0.717) is 0 Å². The van der Waals surface area contributed by atoms with Crippen molar-refractivity contribution >= 4 is 16.5 Å². The summed E-state index contributed by atoms with van der Waals surface area (Å²) >= 11 is 0. The standard InChI is InChI=1S/C14H11N2O2/c17-16(18)14-7-5-13(6-8-14)15-9-11-3-1-2-4-12(11)10-15/h1-10,17H/q-1. The Hall–Kier alpha value is -2.30. The van der Waals surface area contributed by atoms with E-state index in [0.717, 1.165) is 16.5 Å². The van der Waals surface area contributed by atoms with Crippen LogP contribution in [0.2, 0.25) is 0 Å². The van der Waals surface area contributed by atoms with E-state index in [-0.39, 0.29) is 10.9 Å². The minimum atomic E-state index is -0.143. The van der Waals surface area contributed by atoms with Crippen molar-refractivity contribution in [3.05, 3.63) is 66.1 Å². The predicted molar refractivity (Wildman–Crippen MR) is 70.9 cm³/mol. The maximum Gasteiger partial charge on any atom is 0.0510 e. The molecule has 1 aromatic heterocycles. The summed E-state index contributed by atoms with van der Waals surface area (Å²) in [6.45, 7) is 0. The highest BCUT2D eigenvalue weighted by Gasteiger charge is 2.00. The van der Waals surface area contributed by atoms with Crippen LogP contribution in [0.3, 0.4) is 0 Å². The van der Waals surface area contributed by atoms with E-state index < -0.39 is 0 Å². The van der Waals surface area contributed by atoms with Gasteiger partial charge in [0.15, 0.2) is 0 Å². The third-order valence-corrected chi connectivity index (χ3v) is 2.92. The molecule has 0 saturated heterocycles. The lowest BCUT2D eigenvalue weighted by molar-refractivity contribution is 0.296. The van der Waals surface area contributed by atoms with Crippen LogP contribution in [0.1, 0.15) is 0 Å². The zero-order valence-electron chi connectivity index (χ0n) is 9.52. The number of hydrogen-bond acceptors (Lipinski definition) is 3. The zero-order chi connectivity index (χ0) is 12.5. The molecule has 0 fully saturated rings. The zero-order valence-corrected chi connectivity index (χ0v) is 9.52. The van der Waals surface area contributed by atoms with E-state index in [1.165, 1.54) is 0 Å². The molecule has 4 heteroatoms. The maximum atomic E-state index is 10.7. The molecule has 0 amide bonds. The number of nitrogens with zero attached hydrogens (tertiary/aromatic N) is 2. The molecule has 1 heterocycles. The Balaban J connectivity index is 2.03. The second kappa shape index (κ2) is 4.18. The van der Waals surface area contributed by atoms with E-state index in [2.05, 4.69) is 0 Å². The lowest BCUT2D eigenvalue weighted by Gasteiger charge is -2.21. The molecule has 0 spiro atoms. The molecule has 0 bridgehead atoms. The molecule has 0 atom stereocenters. The number of rotatable bonds is 2. The average Bonchev–Trinajstić information content (AvgIpc) is 2.82. The Morgan fingerprint density at radius 2 is 1.44 bits per heavy atom. The van der Waals surface area contributed by atoms with Crippen LogP contribution in [0.5, 0.6) is 0 Å². The highest BCUT2D eigenvalue weighted by Crippen LogP contribution is 2.20. The molecule has 18 heavy (non-hydrogen) atoms. The first-order chi connectivity index (χ1) is 8.74. The van der Waals surface area contributed by atoms with E-state index >= 15 is 0 Å². The minimum absolute atomic E-state index is 0.143. The quantitative estimate of drug-likeness (QED) is 0.698. The Kier molecular flexibility index (Phi) is 2.51. The fraction of sp³-hybridized carbons (Fsp3) is 0. The molecule has 2 aromatic carbocycles.